The van der Waals surface area contributed by atoms with E-state index in [0.29, 0.717) is 0 Å². The van der Waals surface area contributed by atoms with Crippen LogP contribution in [0.5, 0.6) is 0 Å². The maximum Gasteiger partial charge on any atom is 0.0978 e. The molecule has 0 bridgehead atoms. The summed E-state index contributed by atoms with van der Waals surface area (Å²) in [6, 6.07) is 8.56. The lowest BCUT2D eigenvalue weighted by Gasteiger charge is -2.18. The van der Waals surface area contributed by atoms with E-state index in [2.05, 4.69) is 36.1 Å². The first-order chi connectivity index (χ1) is 6.79. The van der Waals surface area contributed by atoms with Crippen LogP contribution in [0.3, 0.4) is 0 Å². The molecule has 1 aromatic rings. The maximum atomic E-state index is 5.17. The Morgan fingerprint density at radius 2 is 2.07 bits per heavy atom. The molecular weight excluding hydrogens is 176 g/mol. The van der Waals surface area contributed by atoms with Gasteiger partial charge in [-0.2, -0.15) is 0 Å². The Kier molecular flexibility index (Phi) is 2.70. The molecule has 0 spiro atoms. The van der Waals surface area contributed by atoms with Gasteiger partial charge < -0.3 is 4.90 Å². The second-order valence-corrected chi connectivity index (χ2v) is 3.83. The average Bonchev–Trinajstić information content (AvgIpc) is 2.67. The Morgan fingerprint density at radius 1 is 1.36 bits per heavy atom. The van der Waals surface area contributed by atoms with Gasteiger partial charge in [-0.3, -0.25) is 4.84 Å². The zero-order valence-corrected chi connectivity index (χ0v) is 8.44. The van der Waals surface area contributed by atoms with Gasteiger partial charge in [0.1, 0.15) is 0 Å². The number of anilines is 1. The normalized spacial score (nSPS) is 21.6. The predicted octanol–water partition coefficient (Wildman–Crippen LogP) is 1.46. The van der Waals surface area contributed by atoms with E-state index in [0.717, 1.165) is 19.5 Å². The highest BCUT2D eigenvalue weighted by atomic mass is 16.6. The Balaban J connectivity index is 2.06. The molecule has 0 radical (unpaired) electrons. The summed E-state index contributed by atoms with van der Waals surface area (Å²) < 4.78 is 0. The Bertz CT molecular complexity index is 297. The highest BCUT2D eigenvalue weighted by Gasteiger charge is 2.22. The first-order valence-corrected chi connectivity index (χ1v) is 4.97. The molecule has 1 aromatic carbocycles. The fourth-order valence-electron chi connectivity index (χ4n) is 1.83. The molecule has 1 aliphatic rings. The molecule has 1 heterocycles. The molecule has 1 saturated heterocycles. The average molecular weight is 192 g/mol. The molecule has 14 heavy (non-hydrogen) atoms. The van der Waals surface area contributed by atoms with Gasteiger partial charge >= 0.3 is 0 Å². The second-order valence-electron chi connectivity index (χ2n) is 3.83. The quantitative estimate of drug-likeness (QED) is 0.721. The smallest absolute Gasteiger partial charge is 0.0978 e. The largest absolute Gasteiger partial charge is 0.369 e. The van der Waals surface area contributed by atoms with Crippen molar-refractivity contribution in [3.8, 4) is 0 Å². The van der Waals surface area contributed by atoms with E-state index in [1.807, 2.05) is 0 Å². The van der Waals surface area contributed by atoms with Crippen LogP contribution >= 0.6 is 0 Å². The monoisotopic (exact) mass is 192 g/mol. The van der Waals surface area contributed by atoms with Gasteiger partial charge in [-0.1, -0.05) is 17.7 Å². The van der Waals surface area contributed by atoms with Crippen molar-refractivity contribution in [1.29, 1.82) is 0 Å². The molecule has 76 valence electrons. The van der Waals surface area contributed by atoms with Gasteiger partial charge in [-0.25, -0.2) is 5.90 Å². The summed E-state index contributed by atoms with van der Waals surface area (Å²) >= 11 is 0. The van der Waals surface area contributed by atoms with Crippen molar-refractivity contribution in [2.24, 2.45) is 5.90 Å². The number of nitrogens with zero attached hydrogens (tertiary/aromatic N) is 1. The summed E-state index contributed by atoms with van der Waals surface area (Å²) in [5.74, 6) is 5.17. The molecule has 2 rings (SSSR count). The van der Waals surface area contributed by atoms with Crippen LogP contribution in [0, 0.1) is 6.92 Å². The second kappa shape index (κ2) is 3.98. The highest BCUT2D eigenvalue weighted by molar-refractivity contribution is 5.48. The number of rotatable bonds is 2. The molecule has 1 fully saturated rings. The topological polar surface area (TPSA) is 38.5 Å². The van der Waals surface area contributed by atoms with Crippen LogP contribution in [-0.4, -0.2) is 19.2 Å². The summed E-state index contributed by atoms with van der Waals surface area (Å²) in [5.41, 5.74) is 2.55. The number of hydrogen-bond acceptors (Lipinski definition) is 3. The van der Waals surface area contributed by atoms with E-state index in [1.165, 1.54) is 11.3 Å². The van der Waals surface area contributed by atoms with Gasteiger partial charge in [0.25, 0.3) is 0 Å². The molecule has 0 saturated carbocycles. The molecule has 3 nitrogen and oxygen atoms in total. The van der Waals surface area contributed by atoms with Crippen molar-refractivity contribution < 1.29 is 4.84 Å². The van der Waals surface area contributed by atoms with Gasteiger partial charge in [-0.05, 0) is 25.5 Å². The van der Waals surface area contributed by atoms with Crippen molar-refractivity contribution in [2.45, 2.75) is 19.4 Å². The molecule has 1 unspecified atom stereocenters. The first kappa shape index (κ1) is 9.49. The fraction of sp³-hybridized carbons (Fsp3) is 0.455. The zero-order valence-electron chi connectivity index (χ0n) is 8.44. The summed E-state index contributed by atoms with van der Waals surface area (Å²) in [4.78, 5) is 7.15. The Hall–Kier alpha value is -1.06. The molecular formula is C11H16N2O. The third kappa shape index (κ3) is 1.89. The zero-order chi connectivity index (χ0) is 9.97. The predicted molar refractivity (Wildman–Crippen MR) is 57.1 cm³/mol. The minimum Gasteiger partial charge on any atom is -0.369 e. The lowest BCUT2D eigenvalue weighted by molar-refractivity contribution is 0.0690. The number of benzene rings is 1. The minimum atomic E-state index is 0.191. The van der Waals surface area contributed by atoms with E-state index in [-0.39, 0.29) is 6.10 Å². The third-order valence-electron chi connectivity index (χ3n) is 2.74. The van der Waals surface area contributed by atoms with Crippen molar-refractivity contribution in [3.05, 3.63) is 29.8 Å². The highest BCUT2D eigenvalue weighted by Crippen LogP contribution is 2.21. The van der Waals surface area contributed by atoms with Crippen LogP contribution in [0.1, 0.15) is 12.0 Å². The van der Waals surface area contributed by atoms with Gasteiger partial charge in [0, 0.05) is 18.8 Å². The lowest BCUT2D eigenvalue weighted by atomic mass is 10.2. The van der Waals surface area contributed by atoms with Crippen molar-refractivity contribution in [3.63, 3.8) is 0 Å². The van der Waals surface area contributed by atoms with Crippen LogP contribution in [0.25, 0.3) is 0 Å². The van der Waals surface area contributed by atoms with Crippen molar-refractivity contribution >= 4 is 5.69 Å². The van der Waals surface area contributed by atoms with Crippen LogP contribution in [0.4, 0.5) is 5.69 Å². The number of hydrogen-bond donors (Lipinski definition) is 1. The van der Waals surface area contributed by atoms with Gasteiger partial charge in [0.15, 0.2) is 0 Å². The third-order valence-corrected chi connectivity index (χ3v) is 2.74. The minimum absolute atomic E-state index is 0.191. The van der Waals surface area contributed by atoms with Crippen LogP contribution in [-0.2, 0) is 4.84 Å². The van der Waals surface area contributed by atoms with Gasteiger partial charge in [-0.15, -0.1) is 0 Å². The van der Waals surface area contributed by atoms with Crippen LogP contribution < -0.4 is 10.8 Å². The van der Waals surface area contributed by atoms with E-state index in [4.69, 9.17) is 10.7 Å². The summed E-state index contributed by atoms with van der Waals surface area (Å²) in [6.45, 7) is 4.03. The molecule has 3 heteroatoms. The van der Waals surface area contributed by atoms with E-state index in [9.17, 15) is 0 Å². The van der Waals surface area contributed by atoms with Crippen LogP contribution in [0.15, 0.2) is 24.3 Å². The number of nitrogens with two attached hydrogens (primary N) is 1. The van der Waals surface area contributed by atoms with E-state index >= 15 is 0 Å². The lowest BCUT2D eigenvalue weighted by Crippen LogP contribution is -2.24. The summed E-state index contributed by atoms with van der Waals surface area (Å²) in [7, 11) is 0. The number of aryl methyl sites for hydroxylation is 1. The van der Waals surface area contributed by atoms with Crippen molar-refractivity contribution in [1.82, 2.24) is 0 Å². The van der Waals surface area contributed by atoms with Gasteiger partial charge in [0.05, 0.1) is 6.10 Å². The summed E-state index contributed by atoms with van der Waals surface area (Å²) in [5, 5.41) is 0. The van der Waals surface area contributed by atoms with Gasteiger partial charge in [0.2, 0.25) is 0 Å². The first-order valence-electron chi connectivity index (χ1n) is 4.97. The van der Waals surface area contributed by atoms with E-state index < -0.39 is 0 Å². The molecule has 0 aliphatic carbocycles. The molecule has 0 amide bonds. The SMILES string of the molecule is Cc1ccc(N2CCC(ON)C2)cc1. The molecule has 1 aliphatic heterocycles. The van der Waals surface area contributed by atoms with E-state index in [1.54, 1.807) is 0 Å². The Morgan fingerprint density at radius 3 is 2.64 bits per heavy atom. The van der Waals surface area contributed by atoms with Crippen molar-refractivity contribution in [2.75, 3.05) is 18.0 Å². The Labute approximate surface area is 84.4 Å². The molecule has 2 N–H and O–H groups in total. The van der Waals surface area contributed by atoms with Crippen LogP contribution in [0.2, 0.25) is 0 Å². The summed E-state index contributed by atoms with van der Waals surface area (Å²) in [6.07, 6.45) is 1.21. The standard InChI is InChI=1S/C11H16N2O/c1-9-2-4-10(5-3-9)13-7-6-11(8-13)14-12/h2-5,11H,6-8,12H2,1H3. The molecule has 0 aromatic heterocycles. The molecule has 1 atom stereocenters. The maximum absolute atomic E-state index is 5.17. The fourth-order valence-corrected chi connectivity index (χ4v) is 1.83.